The van der Waals surface area contributed by atoms with E-state index in [2.05, 4.69) is 15.6 Å². The minimum absolute atomic E-state index is 0.00288. The number of likely N-dealkylation sites (N-methyl/N-ethyl adjacent to an activating group) is 1. The number of carboxylic acids is 1. The highest BCUT2D eigenvalue weighted by molar-refractivity contribution is 6.29. The Balaban J connectivity index is 2.80. The van der Waals surface area contributed by atoms with Gasteiger partial charge in [-0.15, -0.1) is 0 Å². The number of carbonyl (C=O) groups excluding carboxylic acids is 1. The first-order valence-corrected chi connectivity index (χ1v) is 4.76. The van der Waals surface area contributed by atoms with Gasteiger partial charge in [0.15, 0.2) is 0 Å². The van der Waals surface area contributed by atoms with Crippen LogP contribution in [0, 0.1) is 0 Å². The van der Waals surface area contributed by atoms with Gasteiger partial charge < -0.3 is 15.7 Å². The van der Waals surface area contributed by atoms with Gasteiger partial charge in [0, 0.05) is 7.05 Å². The smallest absolute Gasteiger partial charge is 0.335 e. The Bertz CT molecular complexity index is 422. The fourth-order valence-corrected chi connectivity index (χ4v) is 1.18. The van der Waals surface area contributed by atoms with E-state index in [0.29, 0.717) is 0 Å². The molecule has 0 radical (unpaired) electrons. The van der Waals surface area contributed by atoms with Crippen LogP contribution < -0.4 is 10.6 Å². The topological polar surface area (TPSA) is 91.3 Å². The summed E-state index contributed by atoms with van der Waals surface area (Å²) in [5.74, 6) is -1.10. The Hall–Kier alpha value is -1.82. The lowest BCUT2D eigenvalue weighted by Crippen LogP contribution is -2.26. The predicted octanol–water partition coefficient (Wildman–Crippen LogP) is 0.591. The van der Waals surface area contributed by atoms with Gasteiger partial charge in [-0.2, -0.15) is 0 Å². The molecule has 0 bridgehead atoms. The van der Waals surface area contributed by atoms with Crippen molar-refractivity contribution in [1.29, 1.82) is 0 Å². The molecule has 7 heteroatoms. The van der Waals surface area contributed by atoms with E-state index in [0.717, 1.165) is 0 Å². The van der Waals surface area contributed by atoms with Crippen LogP contribution in [-0.4, -0.2) is 35.6 Å². The van der Waals surface area contributed by atoms with Gasteiger partial charge in [-0.05, 0) is 12.1 Å². The van der Waals surface area contributed by atoms with Crippen LogP contribution in [-0.2, 0) is 4.79 Å². The van der Waals surface area contributed by atoms with Gasteiger partial charge >= 0.3 is 5.97 Å². The molecule has 0 saturated carbocycles. The first-order chi connectivity index (χ1) is 7.52. The molecular weight excluding hydrogens is 234 g/mol. The number of nitrogens with one attached hydrogen (secondary N) is 2. The number of rotatable bonds is 4. The number of amides is 1. The van der Waals surface area contributed by atoms with Crippen LogP contribution >= 0.6 is 11.6 Å². The van der Waals surface area contributed by atoms with Gasteiger partial charge in [0.25, 0.3) is 0 Å². The largest absolute Gasteiger partial charge is 0.478 e. The molecule has 0 unspecified atom stereocenters. The van der Waals surface area contributed by atoms with Crippen molar-refractivity contribution in [1.82, 2.24) is 10.3 Å². The number of aromatic carboxylic acids is 1. The van der Waals surface area contributed by atoms with Crippen LogP contribution in [0.15, 0.2) is 12.1 Å². The zero-order valence-corrected chi connectivity index (χ0v) is 9.21. The molecule has 86 valence electrons. The predicted molar refractivity (Wildman–Crippen MR) is 58.8 cm³/mol. The summed E-state index contributed by atoms with van der Waals surface area (Å²) < 4.78 is 0. The summed E-state index contributed by atoms with van der Waals surface area (Å²) in [4.78, 5) is 25.5. The number of hydrogen-bond donors (Lipinski definition) is 3. The number of hydrogen-bond acceptors (Lipinski definition) is 4. The third-order valence-corrected chi connectivity index (χ3v) is 1.94. The average molecular weight is 244 g/mol. The molecule has 6 nitrogen and oxygen atoms in total. The van der Waals surface area contributed by atoms with Crippen molar-refractivity contribution in [2.75, 3.05) is 18.9 Å². The third-order valence-electron chi connectivity index (χ3n) is 1.75. The Labute approximate surface area is 96.6 Å². The van der Waals surface area contributed by atoms with Crippen molar-refractivity contribution in [3.8, 4) is 0 Å². The second-order valence-electron chi connectivity index (χ2n) is 2.90. The lowest BCUT2D eigenvalue weighted by Gasteiger charge is -2.05. The molecule has 3 N–H and O–H groups in total. The van der Waals surface area contributed by atoms with E-state index in [9.17, 15) is 9.59 Å². The highest BCUT2D eigenvalue weighted by Crippen LogP contribution is 2.14. The monoisotopic (exact) mass is 243 g/mol. The van der Waals surface area contributed by atoms with Gasteiger partial charge in [-0.25, -0.2) is 9.78 Å². The van der Waals surface area contributed by atoms with E-state index in [4.69, 9.17) is 16.7 Å². The first kappa shape index (κ1) is 12.3. The van der Waals surface area contributed by atoms with E-state index >= 15 is 0 Å². The van der Waals surface area contributed by atoms with Crippen LogP contribution in [0.1, 0.15) is 10.4 Å². The number of nitrogens with zero attached hydrogens (tertiary/aromatic N) is 1. The van der Waals surface area contributed by atoms with E-state index in [1.165, 1.54) is 19.2 Å². The molecule has 1 heterocycles. The standard InChI is InChI=1S/C9H10ClN3O3/c1-11-8(14)4-12-7-3-5(9(15)16)2-6(10)13-7/h2-3H,4H2,1H3,(H,11,14)(H,12,13)(H,15,16). The van der Waals surface area contributed by atoms with Crippen LogP contribution in [0.2, 0.25) is 5.15 Å². The molecule has 16 heavy (non-hydrogen) atoms. The van der Waals surface area contributed by atoms with Gasteiger partial charge in [-0.1, -0.05) is 11.6 Å². The fourth-order valence-electron chi connectivity index (χ4n) is 0.970. The SMILES string of the molecule is CNC(=O)CNc1cc(C(=O)O)cc(Cl)n1. The molecule has 0 aliphatic rings. The van der Waals surface area contributed by atoms with Crippen LogP contribution in [0.4, 0.5) is 5.82 Å². The molecule has 0 spiro atoms. The Morgan fingerprint density at radius 3 is 2.75 bits per heavy atom. The second kappa shape index (κ2) is 5.32. The molecule has 0 aromatic carbocycles. The van der Waals surface area contributed by atoms with Crippen molar-refractivity contribution in [2.45, 2.75) is 0 Å². The number of aromatic nitrogens is 1. The number of carboxylic acid groups (broad SMARTS) is 1. The molecule has 0 saturated heterocycles. The van der Waals surface area contributed by atoms with Gasteiger partial charge in [-0.3, -0.25) is 4.79 Å². The number of halogens is 1. The molecule has 1 rings (SSSR count). The molecule has 1 aromatic heterocycles. The van der Waals surface area contributed by atoms with Crippen LogP contribution in [0.5, 0.6) is 0 Å². The zero-order chi connectivity index (χ0) is 12.1. The quantitative estimate of drug-likeness (QED) is 0.674. The van der Waals surface area contributed by atoms with Crippen LogP contribution in [0.3, 0.4) is 0 Å². The van der Waals surface area contributed by atoms with E-state index in [1.807, 2.05) is 0 Å². The van der Waals surface area contributed by atoms with E-state index in [-0.39, 0.29) is 29.0 Å². The highest BCUT2D eigenvalue weighted by atomic mass is 35.5. The summed E-state index contributed by atoms with van der Waals surface area (Å²) in [5.41, 5.74) is 0.0133. The summed E-state index contributed by atoms with van der Waals surface area (Å²) in [5, 5.41) is 13.9. The van der Waals surface area contributed by atoms with Gasteiger partial charge in [0.1, 0.15) is 11.0 Å². The summed E-state index contributed by atoms with van der Waals surface area (Å²) in [6.07, 6.45) is 0. The average Bonchev–Trinajstić information content (AvgIpc) is 2.25. The minimum atomic E-state index is -1.10. The Morgan fingerprint density at radius 2 is 2.19 bits per heavy atom. The number of carbonyl (C=O) groups is 2. The molecule has 0 atom stereocenters. The maximum absolute atomic E-state index is 10.9. The van der Waals surface area contributed by atoms with Crippen molar-refractivity contribution >= 4 is 29.3 Å². The Morgan fingerprint density at radius 1 is 1.50 bits per heavy atom. The summed E-state index contributed by atoms with van der Waals surface area (Å²) >= 11 is 5.63. The third kappa shape index (κ3) is 3.39. The Kier molecular flexibility index (Phi) is 4.07. The highest BCUT2D eigenvalue weighted by Gasteiger charge is 2.07. The molecule has 0 fully saturated rings. The fraction of sp³-hybridized carbons (Fsp3) is 0.222. The summed E-state index contributed by atoms with van der Waals surface area (Å²) in [7, 11) is 1.50. The van der Waals surface area contributed by atoms with Crippen molar-refractivity contribution in [3.05, 3.63) is 22.8 Å². The molecule has 1 aromatic rings. The number of anilines is 1. The summed E-state index contributed by atoms with van der Waals surface area (Å²) in [6.45, 7) is 0.00288. The van der Waals surface area contributed by atoms with Crippen LogP contribution in [0.25, 0.3) is 0 Å². The lowest BCUT2D eigenvalue weighted by molar-refractivity contribution is -0.118. The maximum atomic E-state index is 10.9. The normalized spacial score (nSPS) is 9.62. The van der Waals surface area contributed by atoms with E-state index < -0.39 is 5.97 Å². The zero-order valence-electron chi connectivity index (χ0n) is 8.45. The van der Waals surface area contributed by atoms with Crippen molar-refractivity contribution in [3.63, 3.8) is 0 Å². The van der Waals surface area contributed by atoms with Crippen molar-refractivity contribution in [2.24, 2.45) is 0 Å². The minimum Gasteiger partial charge on any atom is -0.478 e. The maximum Gasteiger partial charge on any atom is 0.335 e. The second-order valence-corrected chi connectivity index (χ2v) is 3.28. The summed E-state index contributed by atoms with van der Waals surface area (Å²) in [6, 6.07) is 2.53. The van der Waals surface area contributed by atoms with Gasteiger partial charge in [0.05, 0.1) is 12.1 Å². The van der Waals surface area contributed by atoms with E-state index in [1.54, 1.807) is 0 Å². The lowest BCUT2D eigenvalue weighted by atomic mass is 10.2. The molecule has 0 aliphatic heterocycles. The molecule has 0 aliphatic carbocycles. The first-order valence-electron chi connectivity index (χ1n) is 4.38. The molecule has 1 amide bonds. The van der Waals surface area contributed by atoms with Gasteiger partial charge in [0.2, 0.25) is 5.91 Å². The molecular formula is C9H10ClN3O3. The number of pyridine rings is 1. The van der Waals surface area contributed by atoms with Crippen molar-refractivity contribution < 1.29 is 14.7 Å².